The predicted octanol–water partition coefficient (Wildman–Crippen LogP) is 3.07. The summed E-state index contributed by atoms with van der Waals surface area (Å²) in [6.45, 7) is 0. The van der Waals surface area contributed by atoms with Gasteiger partial charge in [-0.15, -0.1) is 0 Å². The highest BCUT2D eigenvalue weighted by atomic mass is 35.5. The van der Waals surface area contributed by atoms with Crippen molar-refractivity contribution in [3.8, 4) is 0 Å². The molecule has 0 atom stereocenters. The number of carbonyl (C=O) groups is 1. The number of hydrogen-bond donors (Lipinski definition) is 3. The van der Waals surface area contributed by atoms with Crippen LogP contribution in [-0.2, 0) is 10.0 Å². The van der Waals surface area contributed by atoms with Gasteiger partial charge in [0.15, 0.2) is 0 Å². The monoisotopic (exact) mass is 360 g/mol. The van der Waals surface area contributed by atoms with Gasteiger partial charge in [0.2, 0.25) is 0 Å². The van der Waals surface area contributed by atoms with Crippen LogP contribution in [0.2, 0.25) is 10.0 Å². The first kappa shape index (κ1) is 16.4. The maximum Gasteiger partial charge on any atom is 0.337 e. The van der Waals surface area contributed by atoms with E-state index in [-0.39, 0.29) is 27.0 Å². The molecule has 0 aliphatic carbocycles. The number of carboxylic acids is 1. The van der Waals surface area contributed by atoms with Gasteiger partial charge in [-0.3, -0.25) is 4.72 Å². The number of anilines is 2. The smallest absolute Gasteiger partial charge is 0.337 e. The zero-order valence-electron chi connectivity index (χ0n) is 10.9. The average molecular weight is 361 g/mol. The molecule has 0 spiro atoms. The maximum atomic E-state index is 12.4. The molecule has 0 heterocycles. The van der Waals surface area contributed by atoms with Crippen LogP contribution in [0.15, 0.2) is 41.3 Å². The van der Waals surface area contributed by atoms with E-state index in [1.165, 1.54) is 12.1 Å². The standard InChI is InChI=1S/C13H10Cl2N2O4S/c14-8-6-9(15)12(5-7(8)13(18)19)22(20,21)17-11-4-2-1-3-10(11)16/h1-6,17H,16H2,(H,18,19). The number of sulfonamides is 1. The van der Waals surface area contributed by atoms with E-state index in [1.807, 2.05) is 0 Å². The zero-order chi connectivity index (χ0) is 16.5. The molecule has 0 radical (unpaired) electrons. The first-order chi connectivity index (χ1) is 10.2. The Labute approximate surface area is 136 Å². The second-order valence-corrected chi connectivity index (χ2v) is 6.73. The van der Waals surface area contributed by atoms with E-state index in [9.17, 15) is 13.2 Å². The second-order valence-electron chi connectivity index (χ2n) is 4.26. The van der Waals surface area contributed by atoms with Gasteiger partial charge in [-0.1, -0.05) is 35.3 Å². The molecule has 2 aromatic rings. The van der Waals surface area contributed by atoms with Gasteiger partial charge in [0.05, 0.1) is 27.0 Å². The number of halogens is 2. The molecular weight excluding hydrogens is 351 g/mol. The van der Waals surface area contributed by atoms with Gasteiger partial charge in [-0.05, 0) is 24.3 Å². The quantitative estimate of drug-likeness (QED) is 0.725. The largest absolute Gasteiger partial charge is 0.478 e. The Hall–Kier alpha value is -1.96. The molecule has 22 heavy (non-hydrogen) atoms. The number of nitrogen functional groups attached to an aromatic ring is 1. The Bertz CT molecular complexity index is 853. The van der Waals surface area contributed by atoms with Crippen LogP contribution in [0.4, 0.5) is 11.4 Å². The third-order valence-electron chi connectivity index (χ3n) is 2.75. The van der Waals surface area contributed by atoms with Crippen molar-refractivity contribution < 1.29 is 18.3 Å². The molecule has 0 saturated heterocycles. The summed E-state index contributed by atoms with van der Waals surface area (Å²) in [6.07, 6.45) is 0. The zero-order valence-corrected chi connectivity index (χ0v) is 13.2. The topological polar surface area (TPSA) is 109 Å². The van der Waals surface area contributed by atoms with Crippen LogP contribution < -0.4 is 10.5 Å². The third kappa shape index (κ3) is 3.27. The van der Waals surface area contributed by atoms with E-state index in [0.717, 1.165) is 12.1 Å². The van der Waals surface area contributed by atoms with Crippen molar-refractivity contribution in [3.05, 3.63) is 52.0 Å². The van der Waals surface area contributed by atoms with Crippen LogP contribution in [0.3, 0.4) is 0 Å². The van der Waals surface area contributed by atoms with Crippen LogP contribution in [0.25, 0.3) is 0 Å². The lowest BCUT2D eigenvalue weighted by Gasteiger charge is -2.12. The van der Waals surface area contributed by atoms with Gasteiger partial charge < -0.3 is 10.8 Å². The summed E-state index contributed by atoms with van der Waals surface area (Å²) >= 11 is 11.6. The number of para-hydroxylation sites is 2. The molecule has 0 unspecified atom stereocenters. The highest BCUT2D eigenvalue weighted by Gasteiger charge is 2.23. The van der Waals surface area contributed by atoms with Crippen LogP contribution >= 0.6 is 23.2 Å². The summed E-state index contributed by atoms with van der Waals surface area (Å²) in [6, 6.07) is 8.19. The van der Waals surface area contributed by atoms with Gasteiger partial charge in [-0.25, -0.2) is 13.2 Å². The number of nitrogens with two attached hydrogens (primary N) is 1. The molecule has 0 aromatic heterocycles. The highest BCUT2D eigenvalue weighted by Crippen LogP contribution is 2.30. The lowest BCUT2D eigenvalue weighted by molar-refractivity contribution is 0.0697. The van der Waals surface area contributed by atoms with Crippen molar-refractivity contribution in [2.45, 2.75) is 4.90 Å². The van der Waals surface area contributed by atoms with Crippen molar-refractivity contribution in [1.29, 1.82) is 0 Å². The van der Waals surface area contributed by atoms with Gasteiger partial charge in [-0.2, -0.15) is 0 Å². The van der Waals surface area contributed by atoms with Crippen molar-refractivity contribution in [2.24, 2.45) is 0 Å². The molecule has 4 N–H and O–H groups in total. The summed E-state index contributed by atoms with van der Waals surface area (Å²) in [5.74, 6) is -1.36. The highest BCUT2D eigenvalue weighted by molar-refractivity contribution is 7.92. The molecule has 0 aliphatic rings. The fourth-order valence-electron chi connectivity index (χ4n) is 1.69. The molecule has 0 fully saturated rings. The summed E-state index contributed by atoms with van der Waals surface area (Å²) in [7, 11) is -4.12. The van der Waals surface area contributed by atoms with Crippen LogP contribution in [0.1, 0.15) is 10.4 Å². The fourth-order valence-corrected chi connectivity index (χ4v) is 3.63. The van der Waals surface area contributed by atoms with Gasteiger partial charge in [0, 0.05) is 0 Å². The average Bonchev–Trinajstić information content (AvgIpc) is 2.40. The molecule has 0 aliphatic heterocycles. The Morgan fingerprint density at radius 3 is 2.36 bits per heavy atom. The van der Waals surface area contributed by atoms with E-state index in [2.05, 4.69) is 4.72 Å². The van der Waals surface area contributed by atoms with Gasteiger partial charge >= 0.3 is 5.97 Å². The number of rotatable bonds is 4. The number of aromatic carboxylic acids is 1. The predicted molar refractivity (Wildman–Crippen MR) is 85.1 cm³/mol. The number of carboxylic acid groups (broad SMARTS) is 1. The first-order valence-electron chi connectivity index (χ1n) is 5.82. The molecule has 6 nitrogen and oxygen atoms in total. The van der Waals surface area contributed by atoms with E-state index in [1.54, 1.807) is 12.1 Å². The van der Waals surface area contributed by atoms with E-state index in [4.69, 9.17) is 34.0 Å². The Kier molecular flexibility index (Phi) is 4.50. The van der Waals surface area contributed by atoms with Crippen molar-refractivity contribution in [1.82, 2.24) is 0 Å². The molecule has 2 rings (SSSR count). The van der Waals surface area contributed by atoms with Crippen LogP contribution in [-0.4, -0.2) is 19.5 Å². The summed E-state index contributed by atoms with van der Waals surface area (Å²) in [4.78, 5) is 10.7. The van der Waals surface area contributed by atoms with Crippen molar-refractivity contribution >= 4 is 50.6 Å². The third-order valence-corrected chi connectivity index (χ3v) is 4.89. The molecule has 0 amide bonds. The minimum atomic E-state index is -4.12. The lowest BCUT2D eigenvalue weighted by Crippen LogP contribution is -2.15. The molecule has 116 valence electrons. The summed E-state index contributed by atoms with van der Waals surface area (Å²) in [5, 5.41) is 8.66. The summed E-state index contributed by atoms with van der Waals surface area (Å²) in [5.41, 5.74) is 5.68. The molecular formula is C13H10Cl2N2O4S. The van der Waals surface area contributed by atoms with Crippen LogP contribution in [0.5, 0.6) is 0 Å². The lowest BCUT2D eigenvalue weighted by atomic mass is 10.2. The molecule has 2 aromatic carbocycles. The van der Waals surface area contributed by atoms with Crippen LogP contribution in [0, 0.1) is 0 Å². The van der Waals surface area contributed by atoms with E-state index < -0.39 is 20.9 Å². The summed E-state index contributed by atoms with van der Waals surface area (Å²) < 4.78 is 27.0. The number of benzene rings is 2. The van der Waals surface area contributed by atoms with Crippen molar-refractivity contribution in [3.63, 3.8) is 0 Å². The Morgan fingerprint density at radius 2 is 1.77 bits per heavy atom. The number of hydrogen-bond acceptors (Lipinski definition) is 4. The SMILES string of the molecule is Nc1ccccc1NS(=O)(=O)c1cc(C(=O)O)c(Cl)cc1Cl. The fraction of sp³-hybridized carbons (Fsp3) is 0. The Morgan fingerprint density at radius 1 is 1.14 bits per heavy atom. The minimum absolute atomic E-state index is 0.157. The molecule has 9 heteroatoms. The first-order valence-corrected chi connectivity index (χ1v) is 8.06. The Balaban J connectivity index is 2.52. The normalized spacial score (nSPS) is 11.2. The van der Waals surface area contributed by atoms with Gasteiger partial charge in [0.1, 0.15) is 4.90 Å². The van der Waals surface area contributed by atoms with E-state index >= 15 is 0 Å². The van der Waals surface area contributed by atoms with Crippen molar-refractivity contribution in [2.75, 3.05) is 10.5 Å². The van der Waals surface area contributed by atoms with E-state index in [0.29, 0.717) is 0 Å². The minimum Gasteiger partial charge on any atom is -0.478 e. The molecule has 0 bridgehead atoms. The van der Waals surface area contributed by atoms with Gasteiger partial charge in [0.25, 0.3) is 10.0 Å². The maximum absolute atomic E-state index is 12.4. The molecule has 0 saturated carbocycles. The second kappa shape index (κ2) is 6.04. The number of nitrogens with one attached hydrogen (secondary N) is 1.